The summed E-state index contributed by atoms with van der Waals surface area (Å²) in [7, 11) is 1.22. The fourth-order valence-electron chi connectivity index (χ4n) is 1.99. The zero-order valence-corrected chi connectivity index (χ0v) is 12.7. The number of hydrogen-bond acceptors (Lipinski definition) is 5. The van der Waals surface area contributed by atoms with Crippen LogP contribution in [-0.2, 0) is 8.92 Å². The van der Waals surface area contributed by atoms with Gasteiger partial charge in [-0.2, -0.15) is 0 Å². The molecular weight excluding hydrogens is 383 g/mol. The highest BCUT2D eigenvalue weighted by Crippen LogP contribution is 2.33. The van der Waals surface area contributed by atoms with Crippen molar-refractivity contribution in [2.75, 3.05) is 6.61 Å². The highest BCUT2D eigenvalue weighted by molar-refractivity contribution is 14.2. The van der Waals surface area contributed by atoms with E-state index in [1.807, 2.05) is 21.2 Å². The van der Waals surface area contributed by atoms with Crippen molar-refractivity contribution in [3.63, 3.8) is 0 Å². The summed E-state index contributed by atoms with van der Waals surface area (Å²) in [5, 5.41) is 0. The molecule has 0 radical (unpaired) electrons. The Balaban J connectivity index is 2.21. The third-order valence-electron chi connectivity index (χ3n) is 2.83. The first-order chi connectivity index (χ1) is 9.15. The standard InChI is InChI=1S/C11H11IN2O4S/c1-2-7-5-8(6-17-19-12)18-10(7)14-4-3-9(15)13-11(14)16/h1,3-4,7-8,10H,5-6H2,(H,13,15,16). The highest BCUT2D eigenvalue weighted by Gasteiger charge is 2.36. The Bertz CT molecular complexity index is 593. The van der Waals surface area contributed by atoms with Crippen LogP contribution < -0.4 is 11.2 Å². The highest BCUT2D eigenvalue weighted by atomic mass is 127. The van der Waals surface area contributed by atoms with Crippen molar-refractivity contribution in [1.29, 1.82) is 0 Å². The van der Waals surface area contributed by atoms with Crippen molar-refractivity contribution >= 4 is 30.4 Å². The molecule has 102 valence electrons. The van der Waals surface area contributed by atoms with Crippen LogP contribution in [0.3, 0.4) is 0 Å². The molecule has 1 aliphatic rings. The summed E-state index contributed by atoms with van der Waals surface area (Å²) in [5.74, 6) is 2.39. The van der Waals surface area contributed by atoms with Crippen LogP contribution in [0.1, 0.15) is 12.6 Å². The molecule has 1 aromatic heterocycles. The third-order valence-corrected chi connectivity index (χ3v) is 3.82. The van der Waals surface area contributed by atoms with Gasteiger partial charge in [-0.05, 0) is 6.42 Å². The maximum Gasteiger partial charge on any atom is 0.330 e. The zero-order chi connectivity index (χ0) is 13.8. The first kappa shape index (κ1) is 14.6. The maximum absolute atomic E-state index is 11.7. The van der Waals surface area contributed by atoms with Gasteiger partial charge in [0.1, 0.15) is 0 Å². The topological polar surface area (TPSA) is 73.3 Å². The van der Waals surface area contributed by atoms with E-state index < -0.39 is 17.5 Å². The lowest BCUT2D eigenvalue weighted by Crippen LogP contribution is -2.33. The van der Waals surface area contributed by atoms with Crippen LogP contribution in [0.25, 0.3) is 0 Å². The SMILES string of the molecule is C#CC1CC(COSI)OC1n1ccc(=O)[nH]c1=O. The molecule has 6 nitrogen and oxygen atoms in total. The summed E-state index contributed by atoms with van der Waals surface area (Å²) in [5.41, 5.74) is -0.972. The Morgan fingerprint density at radius 1 is 1.68 bits per heavy atom. The van der Waals surface area contributed by atoms with Gasteiger partial charge in [0, 0.05) is 33.5 Å². The number of nitrogens with zero attached hydrogens (tertiary/aromatic N) is 1. The second-order valence-corrected chi connectivity index (χ2v) is 5.46. The number of hydrogen-bond donors (Lipinski definition) is 1. The minimum Gasteiger partial charge on any atom is -0.351 e. The van der Waals surface area contributed by atoms with Crippen LogP contribution >= 0.6 is 30.4 Å². The van der Waals surface area contributed by atoms with Crippen molar-refractivity contribution in [1.82, 2.24) is 9.55 Å². The van der Waals surface area contributed by atoms with Gasteiger partial charge in [0.2, 0.25) is 0 Å². The molecule has 1 aliphatic heterocycles. The van der Waals surface area contributed by atoms with E-state index in [1.54, 1.807) is 0 Å². The van der Waals surface area contributed by atoms with Gasteiger partial charge in [-0.25, -0.2) is 4.79 Å². The summed E-state index contributed by atoms with van der Waals surface area (Å²) in [6, 6.07) is 1.27. The monoisotopic (exact) mass is 394 g/mol. The largest absolute Gasteiger partial charge is 0.351 e. The van der Waals surface area contributed by atoms with E-state index in [1.165, 1.54) is 26.0 Å². The molecule has 19 heavy (non-hydrogen) atoms. The average Bonchev–Trinajstić information content (AvgIpc) is 2.79. The van der Waals surface area contributed by atoms with Gasteiger partial charge < -0.3 is 8.92 Å². The minimum atomic E-state index is -0.567. The van der Waals surface area contributed by atoms with Gasteiger partial charge in [0.15, 0.2) is 6.23 Å². The number of nitrogens with one attached hydrogen (secondary N) is 1. The van der Waals surface area contributed by atoms with E-state index in [0.29, 0.717) is 13.0 Å². The van der Waals surface area contributed by atoms with E-state index in [4.69, 9.17) is 15.3 Å². The molecule has 0 aromatic carbocycles. The van der Waals surface area contributed by atoms with Crippen LogP contribution in [0.4, 0.5) is 0 Å². The lowest BCUT2D eigenvalue weighted by Gasteiger charge is -2.17. The molecule has 1 saturated heterocycles. The molecule has 2 heterocycles. The van der Waals surface area contributed by atoms with Crippen molar-refractivity contribution in [2.45, 2.75) is 18.8 Å². The number of halogens is 1. The lowest BCUT2D eigenvalue weighted by molar-refractivity contribution is -0.0231. The summed E-state index contributed by atoms with van der Waals surface area (Å²) >= 11 is 2.02. The predicted molar refractivity (Wildman–Crippen MR) is 79.7 cm³/mol. The molecule has 0 aliphatic carbocycles. The first-order valence-corrected chi connectivity index (χ1v) is 8.77. The molecule has 1 N–H and O–H groups in total. The predicted octanol–water partition coefficient (Wildman–Crippen LogP) is 1.09. The van der Waals surface area contributed by atoms with Crippen molar-refractivity contribution in [3.05, 3.63) is 33.1 Å². The van der Waals surface area contributed by atoms with Crippen LogP contribution in [0, 0.1) is 18.3 Å². The Morgan fingerprint density at radius 3 is 3.11 bits per heavy atom. The van der Waals surface area contributed by atoms with Crippen LogP contribution in [0.5, 0.6) is 0 Å². The van der Waals surface area contributed by atoms with Crippen molar-refractivity contribution in [2.24, 2.45) is 5.92 Å². The van der Waals surface area contributed by atoms with Gasteiger partial charge in [0.05, 0.1) is 27.8 Å². The Hall–Kier alpha value is -0.760. The molecule has 0 bridgehead atoms. The Labute approximate surface area is 125 Å². The quantitative estimate of drug-likeness (QED) is 0.470. The fraction of sp³-hybridized carbons (Fsp3) is 0.455. The summed E-state index contributed by atoms with van der Waals surface area (Å²) in [6.07, 6.45) is 6.75. The van der Waals surface area contributed by atoms with Gasteiger partial charge in [-0.15, -0.1) is 6.42 Å². The Kier molecular flexibility index (Phi) is 5.09. The normalized spacial score (nSPS) is 26.2. The molecule has 8 heteroatoms. The van der Waals surface area contributed by atoms with Crippen LogP contribution in [-0.4, -0.2) is 22.3 Å². The lowest BCUT2D eigenvalue weighted by atomic mass is 10.0. The number of ether oxygens (including phenoxy) is 1. The number of terminal acetylenes is 1. The first-order valence-electron chi connectivity index (χ1n) is 5.49. The number of aromatic nitrogens is 2. The number of H-pyrrole nitrogens is 1. The van der Waals surface area contributed by atoms with E-state index in [-0.39, 0.29) is 12.0 Å². The number of rotatable bonds is 4. The summed E-state index contributed by atoms with van der Waals surface area (Å²) in [6.45, 7) is 0.403. The second-order valence-electron chi connectivity index (χ2n) is 4.02. The van der Waals surface area contributed by atoms with Crippen LogP contribution in [0.15, 0.2) is 21.9 Å². The summed E-state index contributed by atoms with van der Waals surface area (Å²) < 4.78 is 12.2. The molecule has 3 unspecified atom stereocenters. The van der Waals surface area contributed by atoms with Gasteiger partial charge in [-0.3, -0.25) is 14.3 Å². The molecular formula is C11H11IN2O4S. The van der Waals surface area contributed by atoms with Crippen molar-refractivity contribution in [3.8, 4) is 12.3 Å². The van der Waals surface area contributed by atoms with E-state index in [2.05, 4.69) is 10.9 Å². The molecule has 0 saturated carbocycles. The Morgan fingerprint density at radius 2 is 2.47 bits per heavy atom. The molecule has 1 fully saturated rings. The van der Waals surface area contributed by atoms with E-state index in [9.17, 15) is 9.59 Å². The smallest absolute Gasteiger partial charge is 0.330 e. The third kappa shape index (κ3) is 3.42. The second kappa shape index (κ2) is 6.60. The van der Waals surface area contributed by atoms with Gasteiger partial charge in [0.25, 0.3) is 5.56 Å². The van der Waals surface area contributed by atoms with Gasteiger partial charge >= 0.3 is 5.69 Å². The molecule has 3 atom stereocenters. The molecule has 0 spiro atoms. The molecule has 1 aromatic rings. The fourth-order valence-corrected chi connectivity index (χ4v) is 2.64. The minimum absolute atomic E-state index is 0.160. The maximum atomic E-state index is 11.7. The molecule has 2 rings (SSSR count). The van der Waals surface area contributed by atoms with Crippen molar-refractivity contribution < 1.29 is 8.92 Å². The number of aromatic amines is 1. The van der Waals surface area contributed by atoms with E-state index in [0.717, 1.165) is 0 Å². The average molecular weight is 394 g/mol. The van der Waals surface area contributed by atoms with E-state index >= 15 is 0 Å². The zero-order valence-electron chi connectivity index (χ0n) is 9.74. The van der Waals surface area contributed by atoms with Crippen LogP contribution in [0.2, 0.25) is 0 Å². The van der Waals surface area contributed by atoms with Gasteiger partial charge in [-0.1, -0.05) is 5.92 Å². The summed E-state index contributed by atoms with van der Waals surface area (Å²) in [4.78, 5) is 25.0. The molecule has 0 amide bonds.